The molecular formula is C7H15NO. The van der Waals surface area contributed by atoms with Crippen LogP contribution in [0.4, 0.5) is 0 Å². The molecule has 1 saturated heterocycles. The first-order valence-corrected chi connectivity index (χ1v) is 3.68. The average molecular weight is 129 g/mol. The van der Waals surface area contributed by atoms with E-state index in [0.717, 1.165) is 19.5 Å². The van der Waals surface area contributed by atoms with E-state index in [0.29, 0.717) is 5.92 Å². The first-order chi connectivity index (χ1) is 4.29. The Kier molecular flexibility index (Phi) is 2.49. The zero-order valence-corrected chi connectivity index (χ0v) is 5.93. The van der Waals surface area contributed by atoms with Gasteiger partial charge in [0.2, 0.25) is 0 Å². The molecule has 0 bridgehead atoms. The van der Waals surface area contributed by atoms with Crippen LogP contribution >= 0.6 is 0 Å². The van der Waals surface area contributed by atoms with Crippen molar-refractivity contribution in [1.29, 1.82) is 0 Å². The second-order valence-corrected chi connectivity index (χ2v) is 2.99. The Bertz CT molecular complexity index is 75.0. The Balaban J connectivity index is 2.29. The van der Waals surface area contributed by atoms with Crippen LogP contribution in [0, 0.1) is 5.92 Å². The van der Waals surface area contributed by atoms with Gasteiger partial charge in [-0.2, -0.15) is 0 Å². The number of hydrogen-bond donors (Lipinski definition) is 2. The fourth-order valence-electron chi connectivity index (χ4n) is 1.28. The van der Waals surface area contributed by atoms with Gasteiger partial charge < -0.3 is 10.4 Å². The summed E-state index contributed by atoms with van der Waals surface area (Å²) in [4.78, 5) is 0. The zero-order valence-electron chi connectivity index (χ0n) is 5.93. The summed E-state index contributed by atoms with van der Waals surface area (Å²) in [5.74, 6) is 0.690. The highest BCUT2D eigenvalue weighted by Crippen LogP contribution is 2.11. The minimum absolute atomic E-state index is 0.109. The fraction of sp³-hybridized carbons (Fsp3) is 1.00. The summed E-state index contributed by atoms with van der Waals surface area (Å²) in [5, 5.41) is 12.4. The van der Waals surface area contributed by atoms with Gasteiger partial charge >= 0.3 is 0 Å². The van der Waals surface area contributed by atoms with Crippen LogP contribution in [0.1, 0.15) is 19.8 Å². The van der Waals surface area contributed by atoms with Crippen LogP contribution in [0.25, 0.3) is 0 Å². The summed E-state index contributed by atoms with van der Waals surface area (Å²) < 4.78 is 0. The van der Waals surface area contributed by atoms with Gasteiger partial charge in [0.05, 0.1) is 6.10 Å². The third-order valence-corrected chi connectivity index (χ3v) is 1.87. The SMILES string of the molecule is CC1CCNCC(O)C1. The second kappa shape index (κ2) is 3.18. The first-order valence-electron chi connectivity index (χ1n) is 3.68. The molecule has 1 heterocycles. The molecule has 0 aromatic heterocycles. The van der Waals surface area contributed by atoms with E-state index in [2.05, 4.69) is 12.2 Å². The van der Waals surface area contributed by atoms with E-state index in [1.807, 2.05) is 0 Å². The number of hydrogen-bond acceptors (Lipinski definition) is 2. The molecule has 1 aliphatic heterocycles. The molecule has 2 atom stereocenters. The van der Waals surface area contributed by atoms with Gasteiger partial charge in [-0.3, -0.25) is 0 Å². The van der Waals surface area contributed by atoms with Gasteiger partial charge in [0.15, 0.2) is 0 Å². The van der Waals surface area contributed by atoms with Gasteiger partial charge in [-0.15, -0.1) is 0 Å². The predicted molar refractivity (Wildman–Crippen MR) is 37.3 cm³/mol. The Morgan fingerprint density at radius 1 is 1.56 bits per heavy atom. The summed E-state index contributed by atoms with van der Waals surface area (Å²) in [6.45, 7) is 4.04. The Morgan fingerprint density at radius 3 is 3.11 bits per heavy atom. The van der Waals surface area contributed by atoms with E-state index in [9.17, 15) is 5.11 Å². The normalized spacial score (nSPS) is 38.0. The molecule has 1 fully saturated rings. The zero-order chi connectivity index (χ0) is 6.69. The molecule has 2 unspecified atom stereocenters. The Morgan fingerprint density at radius 2 is 2.33 bits per heavy atom. The molecule has 0 spiro atoms. The molecule has 2 N–H and O–H groups in total. The molecule has 0 aromatic carbocycles. The molecule has 0 amide bonds. The maximum absolute atomic E-state index is 9.20. The number of β-amino-alcohol motifs (C(OH)–C–C–N with tert-alkyl or cyclic N) is 1. The number of aliphatic hydroxyl groups is 1. The molecule has 1 aliphatic rings. The number of nitrogens with one attached hydrogen (secondary N) is 1. The number of rotatable bonds is 0. The van der Waals surface area contributed by atoms with E-state index in [1.54, 1.807) is 0 Å². The van der Waals surface area contributed by atoms with Crippen LogP contribution in [0.5, 0.6) is 0 Å². The van der Waals surface area contributed by atoms with Crippen molar-refractivity contribution in [2.45, 2.75) is 25.9 Å². The van der Waals surface area contributed by atoms with Crippen molar-refractivity contribution in [2.75, 3.05) is 13.1 Å². The quantitative estimate of drug-likeness (QED) is 0.495. The lowest BCUT2D eigenvalue weighted by Crippen LogP contribution is -2.23. The molecule has 0 saturated carbocycles. The number of aliphatic hydroxyl groups excluding tert-OH is 1. The highest BCUT2D eigenvalue weighted by molar-refractivity contribution is 4.69. The lowest BCUT2D eigenvalue weighted by molar-refractivity contribution is 0.155. The third kappa shape index (κ3) is 2.33. The standard InChI is InChI=1S/C7H15NO/c1-6-2-3-8-5-7(9)4-6/h6-9H,2-5H2,1H3. The van der Waals surface area contributed by atoms with Gasteiger partial charge in [0, 0.05) is 6.54 Å². The summed E-state index contributed by atoms with van der Waals surface area (Å²) in [6.07, 6.45) is 2.06. The van der Waals surface area contributed by atoms with Crippen molar-refractivity contribution in [1.82, 2.24) is 5.32 Å². The van der Waals surface area contributed by atoms with E-state index >= 15 is 0 Å². The molecule has 0 radical (unpaired) electrons. The highest BCUT2D eigenvalue weighted by Gasteiger charge is 2.13. The molecular weight excluding hydrogens is 114 g/mol. The molecule has 9 heavy (non-hydrogen) atoms. The largest absolute Gasteiger partial charge is 0.392 e. The van der Waals surface area contributed by atoms with Crippen LogP contribution in [0.2, 0.25) is 0 Å². The molecule has 0 aliphatic carbocycles. The molecule has 54 valence electrons. The predicted octanol–water partition coefficient (Wildman–Crippen LogP) is 0.367. The fourth-order valence-corrected chi connectivity index (χ4v) is 1.28. The summed E-state index contributed by atoms with van der Waals surface area (Å²) in [7, 11) is 0. The van der Waals surface area contributed by atoms with Crippen LogP contribution < -0.4 is 5.32 Å². The highest BCUT2D eigenvalue weighted by atomic mass is 16.3. The van der Waals surface area contributed by atoms with E-state index in [1.165, 1.54) is 6.42 Å². The lowest BCUT2D eigenvalue weighted by Gasteiger charge is -2.08. The maximum atomic E-state index is 9.20. The molecule has 0 aromatic rings. The van der Waals surface area contributed by atoms with Gasteiger partial charge in [-0.05, 0) is 25.3 Å². The Labute approximate surface area is 56.3 Å². The minimum Gasteiger partial charge on any atom is -0.392 e. The van der Waals surface area contributed by atoms with E-state index < -0.39 is 0 Å². The topological polar surface area (TPSA) is 32.3 Å². The van der Waals surface area contributed by atoms with Crippen molar-refractivity contribution in [3.63, 3.8) is 0 Å². The van der Waals surface area contributed by atoms with Crippen LogP contribution in [0.15, 0.2) is 0 Å². The average Bonchev–Trinajstić information content (AvgIpc) is 1.93. The van der Waals surface area contributed by atoms with Gasteiger partial charge in [-0.25, -0.2) is 0 Å². The minimum atomic E-state index is -0.109. The summed E-state index contributed by atoms with van der Waals surface area (Å²) in [6, 6.07) is 0. The lowest BCUT2D eigenvalue weighted by atomic mass is 10.0. The first kappa shape index (κ1) is 7.03. The third-order valence-electron chi connectivity index (χ3n) is 1.87. The molecule has 2 nitrogen and oxygen atoms in total. The van der Waals surface area contributed by atoms with Gasteiger partial charge in [-0.1, -0.05) is 6.92 Å². The summed E-state index contributed by atoms with van der Waals surface area (Å²) in [5.41, 5.74) is 0. The van der Waals surface area contributed by atoms with E-state index in [4.69, 9.17) is 0 Å². The van der Waals surface area contributed by atoms with Crippen molar-refractivity contribution in [2.24, 2.45) is 5.92 Å². The van der Waals surface area contributed by atoms with Crippen molar-refractivity contribution < 1.29 is 5.11 Å². The molecule has 1 rings (SSSR count). The second-order valence-electron chi connectivity index (χ2n) is 2.99. The monoisotopic (exact) mass is 129 g/mol. The van der Waals surface area contributed by atoms with Gasteiger partial charge in [0.25, 0.3) is 0 Å². The van der Waals surface area contributed by atoms with Crippen molar-refractivity contribution in [3.8, 4) is 0 Å². The van der Waals surface area contributed by atoms with Crippen molar-refractivity contribution >= 4 is 0 Å². The molecule has 2 heteroatoms. The maximum Gasteiger partial charge on any atom is 0.0667 e. The van der Waals surface area contributed by atoms with E-state index in [-0.39, 0.29) is 6.10 Å². The smallest absolute Gasteiger partial charge is 0.0667 e. The van der Waals surface area contributed by atoms with Gasteiger partial charge in [0.1, 0.15) is 0 Å². The summed E-state index contributed by atoms with van der Waals surface area (Å²) >= 11 is 0. The van der Waals surface area contributed by atoms with Crippen molar-refractivity contribution in [3.05, 3.63) is 0 Å². The van der Waals surface area contributed by atoms with Crippen LogP contribution in [0.3, 0.4) is 0 Å². The van der Waals surface area contributed by atoms with Crippen LogP contribution in [-0.4, -0.2) is 24.3 Å². The van der Waals surface area contributed by atoms with Crippen LogP contribution in [-0.2, 0) is 0 Å². The Hall–Kier alpha value is -0.0800.